The molecule has 0 spiro atoms. The minimum absolute atomic E-state index is 0.570. The SMILES string of the molecule is CCCC/C(C=O)=N/Nc1ccccc1. The molecular formula is C12H16N2O. The Labute approximate surface area is 90.2 Å². The van der Waals surface area contributed by atoms with Gasteiger partial charge in [0.2, 0.25) is 0 Å². The van der Waals surface area contributed by atoms with Crippen molar-refractivity contribution in [1.29, 1.82) is 0 Å². The van der Waals surface area contributed by atoms with Crippen molar-refractivity contribution in [2.45, 2.75) is 26.2 Å². The molecule has 3 nitrogen and oxygen atoms in total. The largest absolute Gasteiger partial charge is 0.296 e. The summed E-state index contributed by atoms with van der Waals surface area (Å²) >= 11 is 0. The van der Waals surface area contributed by atoms with Crippen LogP contribution < -0.4 is 5.43 Å². The van der Waals surface area contributed by atoms with Gasteiger partial charge in [0, 0.05) is 0 Å². The van der Waals surface area contributed by atoms with Crippen LogP contribution in [0.4, 0.5) is 5.69 Å². The van der Waals surface area contributed by atoms with Crippen molar-refractivity contribution in [3.63, 3.8) is 0 Å². The van der Waals surface area contributed by atoms with Crippen LogP contribution in [0.5, 0.6) is 0 Å². The van der Waals surface area contributed by atoms with Crippen LogP contribution >= 0.6 is 0 Å². The van der Waals surface area contributed by atoms with Gasteiger partial charge in [0.1, 0.15) is 5.71 Å². The van der Waals surface area contributed by atoms with Crippen molar-refractivity contribution >= 4 is 17.7 Å². The van der Waals surface area contributed by atoms with E-state index in [0.717, 1.165) is 31.2 Å². The molecule has 3 heteroatoms. The van der Waals surface area contributed by atoms with Crippen LogP contribution in [0.15, 0.2) is 35.4 Å². The smallest absolute Gasteiger partial charge is 0.166 e. The zero-order chi connectivity index (χ0) is 10.9. The van der Waals surface area contributed by atoms with E-state index in [9.17, 15) is 4.79 Å². The molecule has 0 bridgehead atoms. The Morgan fingerprint density at radius 3 is 2.73 bits per heavy atom. The molecule has 0 aromatic heterocycles. The third-order valence-corrected chi connectivity index (χ3v) is 2.02. The maximum Gasteiger partial charge on any atom is 0.166 e. The molecule has 1 aromatic rings. The Morgan fingerprint density at radius 1 is 1.40 bits per heavy atom. The third-order valence-electron chi connectivity index (χ3n) is 2.02. The number of carbonyl (C=O) groups is 1. The molecule has 0 saturated heterocycles. The standard InChI is InChI=1S/C12H16N2O/c1-2-3-7-12(10-15)14-13-11-8-5-4-6-9-11/h4-6,8-10,13H,2-3,7H2,1H3/b14-12-. The lowest BCUT2D eigenvalue weighted by molar-refractivity contribution is -0.102. The van der Waals surface area contributed by atoms with Crippen molar-refractivity contribution in [2.75, 3.05) is 5.43 Å². The van der Waals surface area contributed by atoms with Gasteiger partial charge in [-0.05, 0) is 25.0 Å². The Bertz CT molecular complexity index is 320. The summed E-state index contributed by atoms with van der Waals surface area (Å²) in [5, 5.41) is 4.05. The normalized spacial score (nSPS) is 11.1. The number of nitrogens with zero attached hydrogens (tertiary/aromatic N) is 1. The number of unbranched alkanes of at least 4 members (excludes halogenated alkanes) is 1. The van der Waals surface area contributed by atoms with Gasteiger partial charge in [-0.25, -0.2) is 0 Å². The fourth-order valence-electron chi connectivity index (χ4n) is 1.15. The van der Waals surface area contributed by atoms with Gasteiger partial charge >= 0.3 is 0 Å². The van der Waals surface area contributed by atoms with E-state index in [2.05, 4.69) is 17.5 Å². The number of benzene rings is 1. The summed E-state index contributed by atoms with van der Waals surface area (Å²) in [7, 11) is 0. The van der Waals surface area contributed by atoms with Crippen LogP contribution in [0.3, 0.4) is 0 Å². The maximum atomic E-state index is 10.7. The summed E-state index contributed by atoms with van der Waals surface area (Å²) in [6.45, 7) is 2.09. The first-order chi connectivity index (χ1) is 7.36. The summed E-state index contributed by atoms with van der Waals surface area (Å²) in [5.41, 5.74) is 4.33. The Kier molecular flexibility index (Phi) is 5.15. The van der Waals surface area contributed by atoms with E-state index in [1.807, 2.05) is 30.3 Å². The zero-order valence-corrected chi connectivity index (χ0v) is 8.94. The number of aldehydes is 1. The van der Waals surface area contributed by atoms with Gasteiger partial charge in [0.05, 0.1) is 5.69 Å². The van der Waals surface area contributed by atoms with E-state index >= 15 is 0 Å². The van der Waals surface area contributed by atoms with E-state index in [1.165, 1.54) is 0 Å². The van der Waals surface area contributed by atoms with Gasteiger partial charge in [-0.15, -0.1) is 0 Å². The summed E-state index contributed by atoms with van der Waals surface area (Å²) in [4.78, 5) is 10.7. The third kappa shape index (κ3) is 4.40. The average Bonchev–Trinajstić information content (AvgIpc) is 2.31. The van der Waals surface area contributed by atoms with Gasteiger partial charge in [-0.2, -0.15) is 5.10 Å². The van der Waals surface area contributed by atoms with Gasteiger partial charge < -0.3 is 0 Å². The van der Waals surface area contributed by atoms with Crippen LogP contribution in [0.25, 0.3) is 0 Å². The summed E-state index contributed by atoms with van der Waals surface area (Å²) in [6, 6.07) is 9.60. The number of anilines is 1. The minimum Gasteiger partial charge on any atom is -0.296 e. The van der Waals surface area contributed by atoms with Crippen LogP contribution in [-0.4, -0.2) is 12.0 Å². The topological polar surface area (TPSA) is 41.5 Å². The molecule has 0 saturated carbocycles. The van der Waals surface area contributed by atoms with E-state index in [4.69, 9.17) is 0 Å². The highest BCUT2D eigenvalue weighted by atomic mass is 16.1. The zero-order valence-electron chi connectivity index (χ0n) is 8.94. The average molecular weight is 204 g/mol. The lowest BCUT2D eigenvalue weighted by atomic mass is 10.2. The molecule has 0 fully saturated rings. The molecule has 0 radical (unpaired) electrons. The molecule has 0 aliphatic carbocycles. The number of hydrogen-bond donors (Lipinski definition) is 1. The molecular weight excluding hydrogens is 188 g/mol. The maximum absolute atomic E-state index is 10.7. The lowest BCUT2D eigenvalue weighted by Gasteiger charge is -2.01. The molecule has 0 unspecified atom stereocenters. The molecule has 1 N–H and O–H groups in total. The highest BCUT2D eigenvalue weighted by Crippen LogP contribution is 2.05. The monoisotopic (exact) mass is 204 g/mol. The molecule has 15 heavy (non-hydrogen) atoms. The van der Waals surface area contributed by atoms with Crippen molar-refractivity contribution < 1.29 is 4.79 Å². The van der Waals surface area contributed by atoms with E-state index in [0.29, 0.717) is 5.71 Å². The van der Waals surface area contributed by atoms with Crippen LogP contribution in [0, 0.1) is 0 Å². The van der Waals surface area contributed by atoms with E-state index in [1.54, 1.807) is 0 Å². The summed E-state index contributed by atoms with van der Waals surface area (Å²) in [6.07, 6.45) is 3.61. The molecule has 0 aliphatic rings. The molecule has 0 aliphatic heterocycles. The Morgan fingerprint density at radius 2 is 2.13 bits per heavy atom. The highest BCUT2D eigenvalue weighted by Gasteiger charge is 1.96. The second-order valence-electron chi connectivity index (χ2n) is 3.30. The first-order valence-corrected chi connectivity index (χ1v) is 5.19. The molecule has 80 valence electrons. The molecule has 1 rings (SSSR count). The Hall–Kier alpha value is -1.64. The fraction of sp³-hybridized carbons (Fsp3) is 0.333. The number of para-hydroxylation sites is 1. The quantitative estimate of drug-likeness (QED) is 0.440. The predicted molar refractivity (Wildman–Crippen MR) is 63.1 cm³/mol. The lowest BCUT2D eigenvalue weighted by Crippen LogP contribution is -2.03. The molecule has 0 atom stereocenters. The minimum atomic E-state index is 0.570. The van der Waals surface area contributed by atoms with Crippen molar-refractivity contribution in [3.05, 3.63) is 30.3 Å². The fourth-order valence-corrected chi connectivity index (χ4v) is 1.15. The van der Waals surface area contributed by atoms with Gasteiger partial charge in [-0.3, -0.25) is 10.2 Å². The molecule has 1 aromatic carbocycles. The number of carbonyl (C=O) groups excluding carboxylic acids is 1. The number of nitrogens with one attached hydrogen (secondary N) is 1. The van der Waals surface area contributed by atoms with Crippen molar-refractivity contribution in [3.8, 4) is 0 Å². The van der Waals surface area contributed by atoms with Gasteiger partial charge in [-0.1, -0.05) is 31.5 Å². The molecule has 0 amide bonds. The highest BCUT2D eigenvalue weighted by molar-refractivity contribution is 6.28. The van der Waals surface area contributed by atoms with Crippen LogP contribution in [-0.2, 0) is 4.79 Å². The molecule has 0 heterocycles. The predicted octanol–water partition coefficient (Wildman–Crippen LogP) is 2.84. The Balaban J connectivity index is 2.50. The van der Waals surface area contributed by atoms with E-state index in [-0.39, 0.29) is 0 Å². The second kappa shape index (κ2) is 6.76. The van der Waals surface area contributed by atoms with Crippen molar-refractivity contribution in [1.82, 2.24) is 0 Å². The van der Waals surface area contributed by atoms with Crippen LogP contribution in [0.1, 0.15) is 26.2 Å². The van der Waals surface area contributed by atoms with Crippen molar-refractivity contribution in [2.24, 2.45) is 5.10 Å². The van der Waals surface area contributed by atoms with Gasteiger partial charge in [0.15, 0.2) is 6.29 Å². The first-order valence-electron chi connectivity index (χ1n) is 5.19. The first kappa shape index (κ1) is 11.4. The second-order valence-corrected chi connectivity index (χ2v) is 3.30. The summed E-state index contributed by atoms with van der Waals surface area (Å²) in [5.74, 6) is 0. The summed E-state index contributed by atoms with van der Waals surface area (Å²) < 4.78 is 0. The number of rotatable bonds is 6. The van der Waals surface area contributed by atoms with Gasteiger partial charge in [0.25, 0.3) is 0 Å². The number of hydrazone groups is 1. The van der Waals surface area contributed by atoms with Crippen LogP contribution in [0.2, 0.25) is 0 Å². The number of hydrogen-bond acceptors (Lipinski definition) is 3. The van der Waals surface area contributed by atoms with E-state index < -0.39 is 0 Å².